The van der Waals surface area contributed by atoms with Crippen LogP contribution < -0.4 is 11.1 Å². The normalized spacial score (nSPS) is 36.0. The molecule has 3 N–H and O–H groups in total. The van der Waals surface area contributed by atoms with Gasteiger partial charge in [0, 0.05) is 24.1 Å². The van der Waals surface area contributed by atoms with Gasteiger partial charge in [0.1, 0.15) is 5.60 Å². The summed E-state index contributed by atoms with van der Waals surface area (Å²) in [5, 5.41) is 2.99. The lowest BCUT2D eigenvalue weighted by Gasteiger charge is -2.53. The molecule has 18 heavy (non-hydrogen) atoms. The molecule has 1 spiro atoms. The van der Waals surface area contributed by atoms with Crippen LogP contribution in [0.3, 0.4) is 0 Å². The molecule has 1 aliphatic heterocycles. The molecule has 2 fully saturated rings. The summed E-state index contributed by atoms with van der Waals surface area (Å²) in [7, 11) is 0. The number of nitrogens with two attached hydrogens (primary N) is 1. The van der Waals surface area contributed by atoms with Crippen molar-refractivity contribution in [2.45, 2.75) is 57.7 Å². The first-order chi connectivity index (χ1) is 8.31. The standard InChI is InChI=1S/C13H24N2O3/c1-12(2,3)18-11(16)15-10-4-5-17-8-13(10)6-9(14)7-13/h9-10H,4-8,14H2,1-3H3,(H,15,16). The van der Waals surface area contributed by atoms with E-state index in [0.717, 1.165) is 19.3 Å². The minimum Gasteiger partial charge on any atom is -0.444 e. The lowest BCUT2D eigenvalue weighted by molar-refractivity contribution is -0.0863. The molecule has 0 aromatic heterocycles. The van der Waals surface area contributed by atoms with Gasteiger partial charge in [0.2, 0.25) is 0 Å². The summed E-state index contributed by atoms with van der Waals surface area (Å²) < 4.78 is 10.8. The van der Waals surface area contributed by atoms with E-state index >= 15 is 0 Å². The zero-order valence-electron chi connectivity index (χ0n) is 11.5. The van der Waals surface area contributed by atoms with Crippen molar-refractivity contribution in [2.75, 3.05) is 13.2 Å². The number of carbonyl (C=O) groups is 1. The highest BCUT2D eigenvalue weighted by atomic mass is 16.6. The number of amides is 1. The zero-order valence-corrected chi connectivity index (χ0v) is 11.5. The topological polar surface area (TPSA) is 73.6 Å². The van der Waals surface area contributed by atoms with Crippen molar-refractivity contribution >= 4 is 6.09 Å². The maximum atomic E-state index is 11.8. The Morgan fingerprint density at radius 3 is 2.67 bits per heavy atom. The monoisotopic (exact) mass is 256 g/mol. The minimum absolute atomic E-state index is 0.0363. The van der Waals surface area contributed by atoms with Crippen molar-refractivity contribution in [1.82, 2.24) is 5.32 Å². The van der Waals surface area contributed by atoms with Crippen LogP contribution in [-0.4, -0.2) is 37.0 Å². The Morgan fingerprint density at radius 1 is 1.44 bits per heavy atom. The van der Waals surface area contributed by atoms with Crippen LogP contribution in [-0.2, 0) is 9.47 Å². The highest BCUT2D eigenvalue weighted by Crippen LogP contribution is 2.46. The molecule has 0 radical (unpaired) electrons. The maximum absolute atomic E-state index is 11.8. The predicted molar refractivity (Wildman–Crippen MR) is 68.2 cm³/mol. The summed E-state index contributed by atoms with van der Waals surface area (Å²) in [6.45, 7) is 6.99. The Bertz CT molecular complexity index is 313. The summed E-state index contributed by atoms with van der Waals surface area (Å²) in [5.41, 5.74) is 5.46. The second kappa shape index (κ2) is 4.70. The van der Waals surface area contributed by atoms with Gasteiger partial charge in [0.05, 0.1) is 6.61 Å². The lowest BCUT2D eigenvalue weighted by Crippen LogP contribution is -2.62. The van der Waals surface area contributed by atoms with E-state index in [2.05, 4.69) is 5.32 Å². The van der Waals surface area contributed by atoms with Crippen LogP contribution in [0.25, 0.3) is 0 Å². The molecule has 0 bridgehead atoms. The Morgan fingerprint density at radius 2 is 2.11 bits per heavy atom. The van der Waals surface area contributed by atoms with Crippen LogP contribution in [0.2, 0.25) is 0 Å². The SMILES string of the molecule is CC(C)(C)OC(=O)NC1CCOCC12CC(N)C2. The Labute approximate surface area is 108 Å². The fourth-order valence-electron chi connectivity index (χ4n) is 2.95. The first kappa shape index (κ1) is 13.6. The van der Waals surface area contributed by atoms with Gasteiger partial charge in [-0.3, -0.25) is 0 Å². The third-order valence-corrected chi connectivity index (χ3v) is 3.71. The first-order valence-electron chi connectivity index (χ1n) is 6.64. The van der Waals surface area contributed by atoms with E-state index in [1.54, 1.807) is 0 Å². The molecule has 1 amide bonds. The van der Waals surface area contributed by atoms with Crippen LogP contribution in [0.1, 0.15) is 40.0 Å². The molecule has 0 aromatic carbocycles. The predicted octanol–water partition coefficient (Wildman–Crippen LogP) is 1.41. The van der Waals surface area contributed by atoms with Gasteiger partial charge in [-0.1, -0.05) is 0 Å². The Balaban J connectivity index is 1.92. The van der Waals surface area contributed by atoms with Gasteiger partial charge in [-0.2, -0.15) is 0 Å². The molecule has 5 heteroatoms. The van der Waals surface area contributed by atoms with E-state index in [0.29, 0.717) is 13.2 Å². The summed E-state index contributed by atoms with van der Waals surface area (Å²) in [6, 6.07) is 0.371. The number of carbonyl (C=O) groups excluding carboxylic acids is 1. The second-order valence-electron chi connectivity index (χ2n) is 6.57. The molecule has 0 aromatic rings. The van der Waals surface area contributed by atoms with Gasteiger partial charge in [0.15, 0.2) is 0 Å². The largest absolute Gasteiger partial charge is 0.444 e. The van der Waals surface area contributed by atoms with Gasteiger partial charge < -0.3 is 20.5 Å². The first-order valence-corrected chi connectivity index (χ1v) is 6.64. The minimum atomic E-state index is -0.460. The van der Waals surface area contributed by atoms with Gasteiger partial charge in [-0.25, -0.2) is 4.79 Å². The molecular weight excluding hydrogens is 232 g/mol. The summed E-state index contributed by atoms with van der Waals surface area (Å²) in [5.74, 6) is 0. The second-order valence-corrected chi connectivity index (χ2v) is 6.57. The van der Waals surface area contributed by atoms with E-state index < -0.39 is 5.60 Å². The quantitative estimate of drug-likeness (QED) is 0.744. The fourth-order valence-corrected chi connectivity index (χ4v) is 2.95. The van der Waals surface area contributed by atoms with Crippen molar-refractivity contribution in [1.29, 1.82) is 0 Å². The summed E-state index contributed by atoms with van der Waals surface area (Å²) >= 11 is 0. The number of hydrogen-bond acceptors (Lipinski definition) is 4. The van der Waals surface area contributed by atoms with Crippen LogP contribution in [0, 0.1) is 5.41 Å². The number of hydrogen-bond donors (Lipinski definition) is 2. The van der Waals surface area contributed by atoms with Crippen molar-refractivity contribution in [3.63, 3.8) is 0 Å². The Kier molecular flexibility index (Phi) is 3.56. The number of ether oxygens (including phenoxy) is 2. The fraction of sp³-hybridized carbons (Fsp3) is 0.923. The smallest absolute Gasteiger partial charge is 0.407 e. The summed E-state index contributed by atoms with van der Waals surface area (Å²) in [6.07, 6.45) is 2.35. The van der Waals surface area contributed by atoms with Crippen molar-refractivity contribution in [3.05, 3.63) is 0 Å². The van der Waals surface area contributed by atoms with E-state index in [1.165, 1.54) is 0 Å². The lowest BCUT2D eigenvalue weighted by atomic mass is 9.60. The van der Waals surface area contributed by atoms with Gasteiger partial charge in [-0.15, -0.1) is 0 Å². The highest BCUT2D eigenvalue weighted by molar-refractivity contribution is 5.68. The third kappa shape index (κ3) is 2.95. The molecule has 1 heterocycles. The average molecular weight is 256 g/mol. The van der Waals surface area contributed by atoms with E-state index in [4.69, 9.17) is 15.2 Å². The molecule has 1 unspecified atom stereocenters. The van der Waals surface area contributed by atoms with Gasteiger partial charge >= 0.3 is 6.09 Å². The molecule has 1 atom stereocenters. The van der Waals surface area contributed by atoms with Crippen LogP contribution in [0.15, 0.2) is 0 Å². The molecule has 2 rings (SSSR count). The highest BCUT2D eigenvalue weighted by Gasteiger charge is 2.50. The molecule has 104 valence electrons. The van der Waals surface area contributed by atoms with Gasteiger partial charge in [-0.05, 0) is 40.0 Å². The number of nitrogens with one attached hydrogen (secondary N) is 1. The molecule has 2 aliphatic rings. The molecule has 1 saturated heterocycles. The molecular formula is C13H24N2O3. The van der Waals surface area contributed by atoms with Crippen LogP contribution in [0.4, 0.5) is 4.79 Å². The number of alkyl carbamates (subject to hydrolysis) is 1. The van der Waals surface area contributed by atoms with Crippen LogP contribution in [0.5, 0.6) is 0 Å². The summed E-state index contributed by atoms with van der Waals surface area (Å²) in [4.78, 5) is 11.8. The van der Waals surface area contributed by atoms with Crippen molar-refractivity contribution in [3.8, 4) is 0 Å². The van der Waals surface area contributed by atoms with E-state index in [-0.39, 0.29) is 23.6 Å². The van der Waals surface area contributed by atoms with E-state index in [9.17, 15) is 4.79 Å². The molecule has 5 nitrogen and oxygen atoms in total. The number of rotatable bonds is 1. The van der Waals surface area contributed by atoms with Crippen molar-refractivity contribution < 1.29 is 14.3 Å². The van der Waals surface area contributed by atoms with Crippen LogP contribution >= 0.6 is 0 Å². The third-order valence-electron chi connectivity index (χ3n) is 3.71. The molecule has 1 aliphatic carbocycles. The van der Waals surface area contributed by atoms with E-state index in [1.807, 2.05) is 20.8 Å². The average Bonchev–Trinajstić information content (AvgIpc) is 2.16. The Hall–Kier alpha value is -0.810. The zero-order chi connectivity index (χ0) is 13.4. The van der Waals surface area contributed by atoms with Crippen molar-refractivity contribution in [2.24, 2.45) is 11.1 Å². The maximum Gasteiger partial charge on any atom is 0.407 e. The van der Waals surface area contributed by atoms with Gasteiger partial charge in [0.25, 0.3) is 0 Å². The molecule has 1 saturated carbocycles.